The third-order valence-corrected chi connectivity index (χ3v) is 3.14. The van der Waals surface area contributed by atoms with Crippen molar-refractivity contribution >= 4 is 11.6 Å². The monoisotopic (exact) mass is 232 g/mol. The summed E-state index contributed by atoms with van der Waals surface area (Å²) in [4.78, 5) is 14.2. The highest BCUT2D eigenvalue weighted by Gasteiger charge is 2.33. The number of anilines is 1. The van der Waals surface area contributed by atoms with E-state index in [9.17, 15) is 4.79 Å². The van der Waals surface area contributed by atoms with Crippen LogP contribution in [0.1, 0.15) is 26.3 Å². The molecule has 1 aromatic carbocycles. The number of nitrogens with zero attached hydrogens (tertiary/aromatic N) is 1. The number of amides is 1. The first-order chi connectivity index (χ1) is 7.89. The van der Waals surface area contributed by atoms with E-state index in [0.717, 1.165) is 18.7 Å². The fourth-order valence-corrected chi connectivity index (χ4v) is 2.34. The van der Waals surface area contributed by atoms with E-state index < -0.39 is 5.54 Å². The van der Waals surface area contributed by atoms with Gasteiger partial charge in [-0.3, -0.25) is 4.79 Å². The fourth-order valence-electron chi connectivity index (χ4n) is 2.34. The third-order valence-electron chi connectivity index (χ3n) is 3.14. The molecule has 1 aliphatic heterocycles. The van der Waals surface area contributed by atoms with Crippen LogP contribution < -0.4 is 10.6 Å². The van der Waals surface area contributed by atoms with E-state index in [1.807, 2.05) is 23.1 Å². The zero-order chi connectivity index (χ0) is 12.6. The molecule has 0 bridgehead atoms. The Morgan fingerprint density at radius 1 is 1.41 bits per heavy atom. The number of benzene rings is 1. The number of para-hydroxylation sites is 1. The molecule has 0 spiro atoms. The van der Waals surface area contributed by atoms with E-state index in [-0.39, 0.29) is 5.91 Å². The molecule has 17 heavy (non-hydrogen) atoms. The first kappa shape index (κ1) is 12.1. The second kappa shape index (κ2) is 4.15. The van der Waals surface area contributed by atoms with Gasteiger partial charge in [-0.2, -0.15) is 0 Å². The van der Waals surface area contributed by atoms with E-state index in [0.29, 0.717) is 5.92 Å². The Bertz CT molecular complexity index is 434. The quantitative estimate of drug-likeness (QED) is 0.804. The molecule has 92 valence electrons. The van der Waals surface area contributed by atoms with Gasteiger partial charge in [0.2, 0.25) is 5.91 Å². The second-order valence-corrected chi connectivity index (χ2v) is 5.58. The highest BCUT2D eigenvalue weighted by Crippen LogP contribution is 2.30. The van der Waals surface area contributed by atoms with Crippen LogP contribution in [-0.2, 0) is 11.2 Å². The molecule has 0 aliphatic carbocycles. The lowest BCUT2D eigenvalue weighted by Gasteiger charge is -2.36. The molecule has 3 nitrogen and oxygen atoms in total. The van der Waals surface area contributed by atoms with E-state index in [4.69, 9.17) is 5.73 Å². The highest BCUT2D eigenvalue weighted by molar-refractivity contribution is 6.00. The van der Waals surface area contributed by atoms with Gasteiger partial charge in [-0.15, -0.1) is 0 Å². The number of carbonyl (C=O) groups is 1. The van der Waals surface area contributed by atoms with Crippen LogP contribution in [0.3, 0.4) is 0 Å². The molecule has 0 saturated carbocycles. The molecular weight excluding hydrogens is 212 g/mol. The Labute approximate surface area is 103 Å². The van der Waals surface area contributed by atoms with Gasteiger partial charge in [0, 0.05) is 12.2 Å². The summed E-state index contributed by atoms with van der Waals surface area (Å²) in [7, 11) is 0. The van der Waals surface area contributed by atoms with Crippen LogP contribution in [0.4, 0.5) is 5.69 Å². The predicted octanol–water partition coefficient (Wildman–Crippen LogP) is 1.95. The summed E-state index contributed by atoms with van der Waals surface area (Å²) in [5.41, 5.74) is 7.37. The van der Waals surface area contributed by atoms with Crippen molar-refractivity contribution < 1.29 is 4.79 Å². The Balaban J connectivity index is 2.40. The standard InChI is InChI=1S/C14H20N2O/c1-10-8-11-6-4-5-7-12(11)16(9-10)13(17)14(2,3)15/h4-7,10H,8-9,15H2,1-3H3. The van der Waals surface area contributed by atoms with Crippen LogP contribution in [0.25, 0.3) is 0 Å². The van der Waals surface area contributed by atoms with Gasteiger partial charge in [0.25, 0.3) is 0 Å². The van der Waals surface area contributed by atoms with Gasteiger partial charge in [-0.05, 0) is 37.8 Å². The topological polar surface area (TPSA) is 46.3 Å². The second-order valence-electron chi connectivity index (χ2n) is 5.58. The lowest BCUT2D eigenvalue weighted by atomic mass is 9.92. The molecule has 1 unspecified atom stereocenters. The zero-order valence-electron chi connectivity index (χ0n) is 10.7. The Hall–Kier alpha value is -1.35. The molecule has 1 aromatic rings. The van der Waals surface area contributed by atoms with Crippen LogP contribution in [0.5, 0.6) is 0 Å². The van der Waals surface area contributed by atoms with Crippen LogP contribution >= 0.6 is 0 Å². The van der Waals surface area contributed by atoms with Crippen molar-refractivity contribution in [1.29, 1.82) is 0 Å². The number of carbonyl (C=O) groups excluding carboxylic acids is 1. The predicted molar refractivity (Wildman–Crippen MR) is 69.9 cm³/mol. The van der Waals surface area contributed by atoms with Gasteiger partial charge in [0.1, 0.15) is 0 Å². The van der Waals surface area contributed by atoms with E-state index in [1.54, 1.807) is 13.8 Å². The fraction of sp³-hybridized carbons (Fsp3) is 0.500. The van der Waals surface area contributed by atoms with Gasteiger partial charge in [-0.1, -0.05) is 25.1 Å². The molecule has 0 radical (unpaired) electrons. The number of hydrogen-bond donors (Lipinski definition) is 1. The SMILES string of the molecule is CC1Cc2ccccc2N(C(=O)C(C)(C)N)C1. The highest BCUT2D eigenvalue weighted by atomic mass is 16.2. The maximum atomic E-state index is 12.3. The average molecular weight is 232 g/mol. The van der Waals surface area contributed by atoms with Crippen LogP contribution in [0, 0.1) is 5.92 Å². The molecule has 2 rings (SSSR count). The van der Waals surface area contributed by atoms with Crippen molar-refractivity contribution in [3.8, 4) is 0 Å². The van der Waals surface area contributed by atoms with Gasteiger partial charge in [-0.25, -0.2) is 0 Å². The van der Waals surface area contributed by atoms with Crippen molar-refractivity contribution in [2.75, 3.05) is 11.4 Å². The van der Waals surface area contributed by atoms with Gasteiger partial charge >= 0.3 is 0 Å². The largest absolute Gasteiger partial charge is 0.318 e. The molecule has 3 heteroatoms. The molecule has 0 saturated heterocycles. The van der Waals surface area contributed by atoms with Crippen LogP contribution in [-0.4, -0.2) is 18.0 Å². The lowest BCUT2D eigenvalue weighted by molar-refractivity contribution is -0.122. The molecule has 0 aromatic heterocycles. The molecular formula is C14H20N2O. The lowest BCUT2D eigenvalue weighted by Crippen LogP contribution is -2.53. The molecule has 1 amide bonds. The van der Waals surface area contributed by atoms with E-state index in [2.05, 4.69) is 13.0 Å². The van der Waals surface area contributed by atoms with Gasteiger partial charge < -0.3 is 10.6 Å². The minimum Gasteiger partial charge on any atom is -0.318 e. The maximum absolute atomic E-state index is 12.3. The minimum absolute atomic E-state index is 0.00324. The van der Waals surface area contributed by atoms with Gasteiger partial charge in [0.05, 0.1) is 5.54 Å². The average Bonchev–Trinajstić information content (AvgIpc) is 2.25. The molecule has 1 atom stereocenters. The first-order valence-corrected chi connectivity index (χ1v) is 6.08. The number of nitrogens with two attached hydrogens (primary N) is 1. The summed E-state index contributed by atoms with van der Waals surface area (Å²) < 4.78 is 0. The zero-order valence-corrected chi connectivity index (χ0v) is 10.7. The Morgan fingerprint density at radius 2 is 2.06 bits per heavy atom. The number of hydrogen-bond acceptors (Lipinski definition) is 2. The smallest absolute Gasteiger partial charge is 0.246 e. The van der Waals surface area contributed by atoms with Crippen LogP contribution in [0.15, 0.2) is 24.3 Å². The molecule has 1 aliphatic rings. The van der Waals surface area contributed by atoms with Crippen molar-refractivity contribution in [3.05, 3.63) is 29.8 Å². The summed E-state index contributed by atoms with van der Waals surface area (Å²) in [6.07, 6.45) is 1.03. The normalized spacial score (nSPS) is 20.0. The molecule has 1 heterocycles. The van der Waals surface area contributed by atoms with Crippen molar-refractivity contribution in [1.82, 2.24) is 0 Å². The summed E-state index contributed by atoms with van der Waals surface area (Å²) >= 11 is 0. The Morgan fingerprint density at radius 3 is 2.71 bits per heavy atom. The van der Waals surface area contributed by atoms with E-state index in [1.165, 1.54) is 5.56 Å². The van der Waals surface area contributed by atoms with Crippen molar-refractivity contribution in [3.63, 3.8) is 0 Å². The van der Waals surface area contributed by atoms with Gasteiger partial charge in [0.15, 0.2) is 0 Å². The summed E-state index contributed by atoms with van der Waals surface area (Å²) in [5.74, 6) is 0.479. The number of rotatable bonds is 1. The van der Waals surface area contributed by atoms with Crippen molar-refractivity contribution in [2.24, 2.45) is 11.7 Å². The Kier molecular flexibility index (Phi) is 2.96. The summed E-state index contributed by atoms with van der Waals surface area (Å²) in [6.45, 7) is 6.45. The maximum Gasteiger partial charge on any atom is 0.246 e. The van der Waals surface area contributed by atoms with Crippen molar-refractivity contribution in [2.45, 2.75) is 32.7 Å². The molecule has 0 fully saturated rings. The molecule has 2 N–H and O–H groups in total. The summed E-state index contributed by atoms with van der Waals surface area (Å²) in [6, 6.07) is 8.09. The number of fused-ring (bicyclic) bond motifs is 1. The third kappa shape index (κ3) is 2.34. The first-order valence-electron chi connectivity index (χ1n) is 6.08. The van der Waals surface area contributed by atoms with E-state index >= 15 is 0 Å². The van der Waals surface area contributed by atoms with Crippen LogP contribution in [0.2, 0.25) is 0 Å². The minimum atomic E-state index is -0.815. The summed E-state index contributed by atoms with van der Waals surface area (Å²) in [5, 5.41) is 0.